The van der Waals surface area contributed by atoms with Gasteiger partial charge < -0.3 is 15.2 Å². The molecule has 1 saturated heterocycles. The van der Waals surface area contributed by atoms with Gasteiger partial charge in [0.15, 0.2) is 5.15 Å². The lowest BCUT2D eigenvalue weighted by Gasteiger charge is -2.32. The Bertz CT molecular complexity index is 1160. The Kier molecular flexibility index (Phi) is 5.46. The third-order valence-electron chi connectivity index (χ3n) is 6.01. The van der Waals surface area contributed by atoms with Crippen LogP contribution in [-0.4, -0.2) is 58.6 Å². The first-order valence-corrected chi connectivity index (χ1v) is 11.1. The number of H-pyrrole nitrogens is 1. The summed E-state index contributed by atoms with van der Waals surface area (Å²) in [7, 11) is 0. The van der Waals surface area contributed by atoms with Crippen LogP contribution in [0, 0.1) is 6.92 Å². The molecule has 0 amide bonds. The first kappa shape index (κ1) is 20.2. The van der Waals surface area contributed by atoms with Crippen molar-refractivity contribution in [2.75, 3.05) is 26.2 Å². The largest absolute Gasteiger partial charge is 0.354 e. The van der Waals surface area contributed by atoms with Crippen LogP contribution in [0.2, 0.25) is 5.15 Å². The van der Waals surface area contributed by atoms with Crippen LogP contribution in [0.5, 0.6) is 0 Å². The molecule has 1 saturated carbocycles. The summed E-state index contributed by atoms with van der Waals surface area (Å²) in [6, 6.07) is 4.18. The van der Waals surface area contributed by atoms with Crippen molar-refractivity contribution in [1.82, 2.24) is 25.2 Å². The van der Waals surface area contributed by atoms with E-state index in [4.69, 9.17) is 16.6 Å². The fourth-order valence-electron chi connectivity index (χ4n) is 4.30. The number of fused-ring (bicyclic) bond motifs is 1. The Balaban J connectivity index is 1.63. The zero-order valence-electron chi connectivity index (χ0n) is 17.7. The second-order valence-electron chi connectivity index (χ2n) is 8.22. The number of amidine groups is 1. The fourth-order valence-corrected chi connectivity index (χ4v) is 4.50. The Hall–Kier alpha value is -2.77. The summed E-state index contributed by atoms with van der Waals surface area (Å²) in [5.74, 6) is 1.43. The minimum atomic E-state index is 0.379. The Morgan fingerprint density at radius 2 is 2.10 bits per heavy atom. The number of nitrogens with zero attached hydrogens (tertiary/aromatic N) is 5. The van der Waals surface area contributed by atoms with Crippen molar-refractivity contribution < 1.29 is 0 Å². The number of hydrogen-bond acceptors (Lipinski definition) is 5. The van der Waals surface area contributed by atoms with Gasteiger partial charge in [0.2, 0.25) is 0 Å². The molecule has 7 nitrogen and oxygen atoms in total. The molecule has 1 aliphatic heterocycles. The second-order valence-corrected chi connectivity index (χ2v) is 8.58. The molecule has 0 atom stereocenters. The number of halogens is 1. The van der Waals surface area contributed by atoms with Crippen molar-refractivity contribution in [2.24, 2.45) is 9.98 Å². The molecule has 4 heterocycles. The van der Waals surface area contributed by atoms with E-state index in [1.165, 1.54) is 5.56 Å². The summed E-state index contributed by atoms with van der Waals surface area (Å²) < 4.78 is 0. The zero-order chi connectivity index (χ0) is 21.4. The molecule has 3 aromatic rings. The van der Waals surface area contributed by atoms with Crippen LogP contribution in [0.3, 0.4) is 0 Å². The summed E-state index contributed by atoms with van der Waals surface area (Å²) in [6.07, 6.45) is 6.07. The van der Waals surface area contributed by atoms with Gasteiger partial charge in [0.1, 0.15) is 17.2 Å². The standard InChI is InChI=1S/C23H26ClN7/c1-14-11-17-16(5-6-27-22(17)30-14)12-29-23(31-9-7-26-8-10-31)19-18(15-3-4-15)13-28-21(24)20(19)25-2/h5-6,11,13,15,26H,2-4,7-10,12H2,1H3,(H,27,30)/b29-23+. The molecule has 1 aliphatic carbocycles. The molecule has 2 aliphatic rings. The lowest BCUT2D eigenvalue weighted by Crippen LogP contribution is -2.47. The van der Waals surface area contributed by atoms with Crippen LogP contribution in [0.25, 0.3) is 11.0 Å². The summed E-state index contributed by atoms with van der Waals surface area (Å²) in [4.78, 5) is 23.9. The number of pyridine rings is 2. The van der Waals surface area contributed by atoms with E-state index in [-0.39, 0.29) is 0 Å². The zero-order valence-corrected chi connectivity index (χ0v) is 18.4. The molecule has 0 radical (unpaired) electrons. The molecule has 5 rings (SSSR count). The predicted molar refractivity (Wildman–Crippen MR) is 126 cm³/mol. The highest BCUT2D eigenvalue weighted by molar-refractivity contribution is 6.32. The van der Waals surface area contributed by atoms with E-state index in [0.717, 1.165) is 72.7 Å². The van der Waals surface area contributed by atoms with Gasteiger partial charge in [-0.2, -0.15) is 0 Å². The van der Waals surface area contributed by atoms with Crippen LogP contribution in [-0.2, 0) is 6.54 Å². The van der Waals surface area contributed by atoms with Crippen molar-refractivity contribution >= 4 is 40.9 Å². The number of aliphatic imine (C=N–C) groups is 2. The minimum Gasteiger partial charge on any atom is -0.354 e. The van der Waals surface area contributed by atoms with Crippen LogP contribution in [0.1, 0.15) is 41.1 Å². The van der Waals surface area contributed by atoms with Gasteiger partial charge in [-0.05, 0) is 55.7 Å². The maximum atomic E-state index is 6.46. The molecule has 160 valence electrons. The number of hydrogen-bond donors (Lipinski definition) is 2. The molecule has 3 aromatic heterocycles. The summed E-state index contributed by atoms with van der Waals surface area (Å²) >= 11 is 6.46. The molecular formula is C23H26ClN7. The van der Waals surface area contributed by atoms with Gasteiger partial charge >= 0.3 is 0 Å². The van der Waals surface area contributed by atoms with Gasteiger partial charge in [0.05, 0.1) is 12.1 Å². The average molecular weight is 436 g/mol. The number of aromatic amines is 1. The average Bonchev–Trinajstić information content (AvgIpc) is 3.55. The molecule has 31 heavy (non-hydrogen) atoms. The number of piperazine rings is 1. The third-order valence-corrected chi connectivity index (χ3v) is 6.29. The Morgan fingerprint density at radius 3 is 2.84 bits per heavy atom. The number of aryl methyl sites for hydroxylation is 1. The van der Waals surface area contributed by atoms with E-state index >= 15 is 0 Å². The summed E-state index contributed by atoms with van der Waals surface area (Å²) in [5, 5.41) is 4.92. The van der Waals surface area contributed by atoms with Gasteiger partial charge in [0.25, 0.3) is 0 Å². The van der Waals surface area contributed by atoms with Gasteiger partial charge in [-0.25, -0.2) is 9.97 Å². The molecule has 0 bridgehead atoms. The molecule has 0 aromatic carbocycles. The predicted octanol–water partition coefficient (Wildman–Crippen LogP) is 3.98. The lowest BCUT2D eigenvalue weighted by atomic mass is 10.0. The first-order valence-electron chi connectivity index (χ1n) is 10.7. The lowest BCUT2D eigenvalue weighted by molar-refractivity contribution is 0.357. The quantitative estimate of drug-likeness (QED) is 0.361. The second kappa shape index (κ2) is 8.40. The van der Waals surface area contributed by atoms with Gasteiger partial charge in [-0.1, -0.05) is 11.6 Å². The van der Waals surface area contributed by atoms with Crippen LogP contribution in [0.4, 0.5) is 5.69 Å². The van der Waals surface area contributed by atoms with Crippen molar-refractivity contribution in [3.05, 3.63) is 52.1 Å². The van der Waals surface area contributed by atoms with Gasteiger partial charge in [-0.15, -0.1) is 0 Å². The van der Waals surface area contributed by atoms with E-state index < -0.39 is 0 Å². The summed E-state index contributed by atoms with van der Waals surface area (Å²) in [6.45, 7) is 10.00. The van der Waals surface area contributed by atoms with Crippen molar-refractivity contribution in [3.63, 3.8) is 0 Å². The first-order chi connectivity index (χ1) is 15.2. The SMILES string of the molecule is C=Nc1c(Cl)ncc(C2CC2)c1/C(=N\Cc1ccnc2[nH]c(C)cc12)N1CCNCC1. The molecule has 0 spiro atoms. The van der Waals surface area contributed by atoms with Crippen molar-refractivity contribution in [2.45, 2.75) is 32.2 Å². The van der Waals surface area contributed by atoms with E-state index in [1.54, 1.807) is 0 Å². The van der Waals surface area contributed by atoms with E-state index in [1.807, 2.05) is 25.4 Å². The highest BCUT2D eigenvalue weighted by Gasteiger charge is 2.32. The maximum Gasteiger partial charge on any atom is 0.155 e. The Labute approximate surface area is 186 Å². The Morgan fingerprint density at radius 1 is 1.29 bits per heavy atom. The monoisotopic (exact) mass is 435 g/mol. The number of aromatic nitrogens is 3. The van der Waals surface area contributed by atoms with Gasteiger partial charge in [0, 0.05) is 49.7 Å². The smallest absolute Gasteiger partial charge is 0.155 e. The van der Waals surface area contributed by atoms with Crippen LogP contribution in [0.15, 0.2) is 34.5 Å². The van der Waals surface area contributed by atoms with E-state index in [2.05, 4.69) is 42.9 Å². The van der Waals surface area contributed by atoms with Crippen molar-refractivity contribution in [3.8, 4) is 0 Å². The summed E-state index contributed by atoms with van der Waals surface area (Å²) in [5.41, 5.74) is 5.95. The molecular weight excluding hydrogens is 410 g/mol. The normalized spacial score (nSPS) is 17.4. The topological polar surface area (TPSA) is 81.6 Å². The highest BCUT2D eigenvalue weighted by atomic mass is 35.5. The third kappa shape index (κ3) is 3.95. The number of nitrogens with one attached hydrogen (secondary N) is 2. The van der Waals surface area contributed by atoms with E-state index in [0.29, 0.717) is 23.3 Å². The van der Waals surface area contributed by atoms with Gasteiger partial charge in [-0.3, -0.25) is 9.98 Å². The minimum absolute atomic E-state index is 0.379. The fraction of sp³-hybridized carbons (Fsp3) is 0.391. The molecule has 2 N–H and O–H groups in total. The van der Waals surface area contributed by atoms with Crippen LogP contribution >= 0.6 is 11.6 Å². The maximum absolute atomic E-state index is 6.46. The molecule has 2 fully saturated rings. The molecule has 0 unspecified atom stereocenters. The van der Waals surface area contributed by atoms with E-state index in [9.17, 15) is 0 Å². The highest BCUT2D eigenvalue weighted by Crippen LogP contribution is 2.45. The van der Waals surface area contributed by atoms with Crippen LogP contribution < -0.4 is 5.32 Å². The number of rotatable bonds is 5. The molecule has 8 heteroatoms. The van der Waals surface area contributed by atoms with Crippen molar-refractivity contribution in [1.29, 1.82) is 0 Å².